The van der Waals surface area contributed by atoms with Crippen LogP contribution in [-0.2, 0) is 6.42 Å². The first-order chi connectivity index (χ1) is 12.4. The fourth-order valence-corrected chi connectivity index (χ4v) is 2.70. The van der Waals surface area contributed by atoms with Crippen LogP contribution >= 0.6 is 0 Å². The van der Waals surface area contributed by atoms with Gasteiger partial charge in [-0.1, -0.05) is 24.3 Å². The van der Waals surface area contributed by atoms with Crippen molar-refractivity contribution < 1.29 is 0 Å². The van der Waals surface area contributed by atoms with Gasteiger partial charge in [0.25, 0.3) is 0 Å². The molecule has 0 bridgehead atoms. The Kier molecular flexibility index (Phi) is 5.96. The van der Waals surface area contributed by atoms with Crippen molar-refractivity contribution in [2.45, 2.75) is 12.5 Å². The lowest BCUT2D eigenvalue weighted by molar-refractivity contribution is 0.730. The zero-order valence-corrected chi connectivity index (χ0v) is 14.1. The molecule has 0 spiro atoms. The number of anilines is 2. The Morgan fingerprint density at radius 2 is 1.56 bits per heavy atom. The van der Waals surface area contributed by atoms with Crippen LogP contribution in [0.1, 0.15) is 17.4 Å². The van der Waals surface area contributed by atoms with Gasteiger partial charge in [-0.05, 0) is 36.4 Å². The minimum absolute atomic E-state index is 0.0249. The molecule has 0 fully saturated rings. The third-order valence-electron chi connectivity index (χ3n) is 3.90. The van der Waals surface area contributed by atoms with Gasteiger partial charge in [0.05, 0.1) is 23.1 Å². The molecule has 0 aliphatic carbocycles. The normalized spacial score (nSPS) is 11.7. The Labute approximate surface area is 148 Å². The van der Waals surface area contributed by atoms with Gasteiger partial charge in [-0.15, -0.1) is 0 Å². The number of hydrogen-bond acceptors (Lipinski definition) is 5. The molecule has 2 aromatic heterocycles. The molecule has 5 heteroatoms. The smallest absolute Gasteiger partial charge is 0.0741 e. The molecule has 0 amide bonds. The standard InChI is InChI=1S/C20H23N5/c21-11-14-24-17-8-1-2-10-19(17)25-20(18-9-4-6-13-23-18)15-16-7-3-5-12-22-16/h1-10,12-13,20,24-25H,11,14-15,21H2. The molecule has 1 aromatic carbocycles. The maximum Gasteiger partial charge on any atom is 0.0741 e. The summed E-state index contributed by atoms with van der Waals surface area (Å²) in [5.74, 6) is 0. The van der Waals surface area contributed by atoms with E-state index in [1.165, 1.54) is 0 Å². The number of para-hydroxylation sites is 2. The molecule has 4 N–H and O–H groups in total. The summed E-state index contributed by atoms with van der Waals surface area (Å²) in [6.45, 7) is 1.32. The van der Waals surface area contributed by atoms with Crippen molar-refractivity contribution >= 4 is 11.4 Å². The van der Waals surface area contributed by atoms with E-state index < -0.39 is 0 Å². The first-order valence-corrected chi connectivity index (χ1v) is 8.47. The largest absolute Gasteiger partial charge is 0.382 e. The minimum Gasteiger partial charge on any atom is -0.382 e. The van der Waals surface area contributed by atoms with Crippen LogP contribution < -0.4 is 16.4 Å². The van der Waals surface area contributed by atoms with Gasteiger partial charge < -0.3 is 16.4 Å². The molecule has 1 atom stereocenters. The molecule has 3 aromatic rings. The molecule has 0 radical (unpaired) electrons. The van der Waals surface area contributed by atoms with Crippen LogP contribution in [0.4, 0.5) is 11.4 Å². The van der Waals surface area contributed by atoms with Gasteiger partial charge in [0.2, 0.25) is 0 Å². The first-order valence-electron chi connectivity index (χ1n) is 8.47. The van der Waals surface area contributed by atoms with E-state index in [4.69, 9.17) is 5.73 Å². The van der Waals surface area contributed by atoms with E-state index in [2.05, 4.69) is 26.7 Å². The van der Waals surface area contributed by atoms with E-state index in [1.807, 2.05) is 67.0 Å². The number of rotatable bonds is 8. The summed E-state index contributed by atoms with van der Waals surface area (Å²) in [6, 6.07) is 20.1. The van der Waals surface area contributed by atoms with Crippen LogP contribution in [0.25, 0.3) is 0 Å². The molecule has 25 heavy (non-hydrogen) atoms. The fraction of sp³-hybridized carbons (Fsp3) is 0.200. The molecule has 0 aliphatic rings. The van der Waals surface area contributed by atoms with Gasteiger partial charge >= 0.3 is 0 Å². The highest BCUT2D eigenvalue weighted by atomic mass is 15.0. The quantitative estimate of drug-likeness (QED) is 0.590. The van der Waals surface area contributed by atoms with Crippen LogP contribution in [0.15, 0.2) is 73.1 Å². The predicted molar refractivity (Wildman–Crippen MR) is 103 cm³/mol. The predicted octanol–water partition coefficient (Wildman–Crippen LogP) is 3.24. The molecule has 1 unspecified atom stereocenters. The van der Waals surface area contributed by atoms with Crippen molar-refractivity contribution in [1.82, 2.24) is 9.97 Å². The number of nitrogens with zero attached hydrogens (tertiary/aromatic N) is 2. The van der Waals surface area contributed by atoms with Gasteiger partial charge in [0.15, 0.2) is 0 Å². The summed E-state index contributed by atoms with van der Waals surface area (Å²) in [6.07, 6.45) is 4.39. The first kappa shape index (κ1) is 16.9. The molecule has 0 saturated carbocycles. The van der Waals surface area contributed by atoms with Crippen molar-refractivity contribution in [3.05, 3.63) is 84.4 Å². The third kappa shape index (κ3) is 4.78. The van der Waals surface area contributed by atoms with Gasteiger partial charge in [-0.2, -0.15) is 0 Å². The summed E-state index contributed by atoms with van der Waals surface area (Å²) in [5.41, 5.74) is 9.70. The highest BCUT2D eigenvalue weighted by molar-refractivity contribution is 5.69. The summed E-state index contributed by atoms with van der Waals surface area (Å²) in [7, 11) is 0. The molecule has 5 nitrogen and oxygen atoms in total. The van der Waals surface area contributed by atoms with Gasteiger partial charge in [0, 0.05) is 37.6 Å². The van der Waals surface area contributed by atoms with Crippen LogP contribution in [0.2, 0.25) is 0 Å². The second-order valence-corrected chi connectivity index (χ2v) is 5.74. The molecule has 2 heterocycles. The number of aromatic nitrogens is 2. The van der Waals surface area contributed by atoms with Crippen molar-refractivity contribution in [3.63, 3.8) is 0 Å². The topological polar surface area (TPSA) is 75.9 Å². The number of pyridine rings is 2. The molecule has 128 valence electrons. The van der Waals surface area contributed by atoms with Crippen LogP contribution in [0, 0.1) is 0 Å². The Hall–Kier alpha value is -2.92. The Morgan fingerprint density at radius 3 is 2.24 bits per heavy atom. The van der Waals surface area contributed by atoms with Gasteiger partial charge in [-0.3, -0.25) is 9.97 Å². The number of benzene rings is 1. The van der Waals surface area contributed by atoms with E-state index in [-0.39, 0.29) is 6.04 Å². The lowest BCUT2D eigenvalue weighted by Crippen LogP contribution is -2.18. The van der Waals surface area contributed by atoms with E-state index in [0.717, 1.165) is 35.7 Å². The second kappa shape index (κ2) is 8.80. The van der Waals surface area contributed by atoms with E-state index in [0.29, 0.717) is 6.54 Å². The summed E-state index contributed by atoms with van der Waals surface area (Å²) in [5, 5.41) is 6.98. The van der Waals surface area contributed by atoms with Gasteiger partial charge in [-0.25, -0.2) is 0 Å². The Bertz CT molecular complexity index is 761. The zero-order chi connectivity index (χ0) is 17.3. The van der Waals surface area contributed by atoms with E-state index >= 15 is 0 Å². The number of nitrogens with two attached hydrogens (primary N) is 1. The highest BCUT2D eigenvalue weighted by Gasteiger charge is 2.15. The maximum atomic E-state index is 5.62. The average Bonchev–Trinajstić information content (AvgIpc) is 2.68. The molecule has 3 rings (SSSR count). The molecular formula is C20H23N5. The SMILES string of the molecule is NCCNc1ccccc1NC(Cc1ccccn1)c1ccccn1. The number of hydrogen-bond donors (Lipinski definition) is 3. The summed E-state index contributed by atoms with van der Waals surface area (Å²) in [4.78, 5) is 8.99. The van der Waals surface area contributed by atoms with Gasteiger partial charge in [0.1, 0.15) is 0 Å². The van der Waals surface area contributed by atoms with E-state index in [9.17, 15) is 0 Å². The van der Waals surface area contributed by atoms with Crippen molar-refractivity contribution in [1.29, 1.82) is 0 Å². The lowest BCUT2D eigenvalue weighted by atomic mass is 10.1. The summed E-state index contributed by atoms with van der Waals surface area (Å²) >= 11 is 0. The third-order valence-corrected chi connectivity index (χ3v) is 3.90. The van der Waals surface area contributed by atoms with Crippen molar-refractivity contribution in [3.8, 4) is 0 Å². The Morgan fingerprint density at radius 1 is 0.840 bits per heavy atom. The number of nitrogens with one attached hydrogen (secondary N) is 2. The maximum absolute atomic E-state index is 5.62. The minimum atomic E-state index is 0.0249. The monoisotopic (exact) mass is 333 g/mol. The molecular weight excluding hydrogens is 310 g/mol. The zero-order valence-electron chi connectivity index (χ0n) is 14.1. The molecule has 0 saturated heterocycles. The van der Waals surface area contributed by atoms with Crippen molar-refractivity contribution in [2.24, 2.45) is 5.73 Å². The Balaban J connectivity index is 1.85. The average molecular weight is 333 g/mol. The van der Waals surface area contributed by atoms with Crippen LogP contribution in [-0.4, -0.2) is 23.1 Å². The van der Waals surface area contributed by atoms with Crippen LogP contribution in [0.3, 0.4) is 0 Å². The second-order valence-electron chi connectivity index (χ2n) is 5.74. The van der Waals surface area contributed by atoms with Crippen molar-refractivity contribution in [2.75, 3.05) is 23.7 Å². The van der Waals surface area contributed by atoms with Crippen LogP contribution in [0.5, 0.6) is 0 Å². The highest BCUT2D eigenvalue weighted by Crippen LogP contribution is 2.27. The fourth-order valence-electron chi connectivity index (χ4n) is 2.70. The lowest BCUT2D eigenvalue weighted by Gasteiger charge is -2.21. The molecule has 0 aliphatic heterocycles. The van der Waals surface area contributed by atoms with E-state index in [1.54, 1.807) is 0 Å². The summed E-state index contributed by atoms with van der Waals surface area (Å²) < 4.78 is 0.